The van der Waals surface area contributed by atoms with Crippen LogP contribution in [0.25, 0.3) is 0 Å². The topological polar surface area (TPSA) is 27.7 Å². The Labute approximate surface area is 80.4 Å². The molecule has 1 aliphatic rings. The lowest BCUT2D eigenvalue weighted by Gasteiger charge is -2.46. The zero-order valence-electron chi connectivity index (χ0n) is 8.84. The number of hydrogen-bond acceptors (Lipinski definition) is 3. The number of rotatable bonds is 6. The van der Waals surface area contributed by atoms with Gasteiger partial charge in [0.25, 0.3) is 0 Å². The van der Waals surface area contributed by atoms with E-state index in [0.717, 1.165) is 19.6 Å². The molecule has 13 heavy (non-hydrogen) atoms. The third-order valence-electron chi connectivity index (χ3n) is 2.74. The second-order valence-electron chi connectivity index (χ2n) is 3.42. The summed E-state index contributed by atoms with van der Waals surface area (Å²) in [7, 11) is 0. The Morgan fingerprint density at radius 2 is 2.15 bits per heavy atom. The van der Waals surface area contributed by atoms with E-state index in [9.17, 15) is 0 Å². The van der Waals surface area contributed by atoms with E-state index in [1.54, 1.807) is 0 Å². The number of hydrogen-bond donors (Lipinski definition) is 0. The second kappa shape index (κ2) is 4.94. The summed E-state index contributed by atoms with van der Waals surface area (Å²) in [5.74, 6) is 0. The molecular weight excluding hydrogens is 168 g/mol. The van der Waals surface area contributed by atoms with Gasteiger partial charge in [-0.2, -0.15) is 0 Å². The van der Waals surface area contributed by atoms with Gasteiger partial charge in [-0.1, -0.05) is 6.92 Å². The molecule has 1 rings (SSSR count). The molecule has 0 N–H and O–H groups in total. The predicted molar refractivity (Wildman–Crippen MR) is 50.9 cm³/mol. The van der Waals surface area contributed by atoms with Crippen molar-refractivity contribution >= 4 is 0 Å². The first kappa shape index (κ1) is 11.0. The van der Waals surface area contributed by atoms with Gasteiger partial charge in [-0.15, -0.1) is 0 Å². The first-order valence-electron chi connectivity index (χ1n) is 5.08. The fraction of sp³-hybridized carbons (Fsp3) is 1.00. The minimum Gasteiger partial charge on any atom is -0.379 e. The molecule has 78 valence electrons. The van der Waals surface area contributed by atoms with Crippen LogP contribution >= 0.6 is 0 Å². The van der Waals surface area contributed by atoms with E-state index in [1.807, 2.05) is 6.92 Å². The third kappa shape index (κ3) is 2.42. The molecule has 3 nitrogen and oxygen atoms in total. The maximum Gasteiger partial charge on any atom is 0.117 e. The summed E-state index contributed by atoms with van der Waals surface area (Å²) in [6.45, 7) is 9.05. The van der Waals surface area contributed by atoms with Gasteiger partial charge in [0, 0.05) is 6.61 Å². The van der Waals surface area contributed by atoms with Crippen molar-refractivity contribution in [3.05, 3.63) is 0 Å². The summed E-state index contributed by atoms with van der Waals surface area (Å²) >= 11 is 0. The van der Waals surface area contributed by atoms with Gasteiger partial charge in [0.05, 0.1) is 25.9 Å². The summed E-state index contributed by atoms with van der Waals surface area (Å²) < 4.78 is 16.3. The molecule has 3 heteroatoms. The Balaban J connectivity index is 2.17. The van der Waals surface area contributed by atoms with E-state index in [4.69, 9.17) is 14.2 Å². The molecule has 0 amide bonds. The van der Waals surface area contributed by atoms with Gasteiger partial charge in [-0.3, -0.25) is 0 Å². The van der Waals surface area contributed by atoms with Crippen molar-refractivity contribution in [1.82, 2.24) is 0 Å². The molecular formula is C10H20O3. The molecule has 0 aliphatic carbocycles. The van der Waals surface area contributed by atoms with Crippen molar-refractivity contribution in [2.24, 2.45) is 0 Å². The number of ether oxygens (including phenoxy) is 3. The van der Waals surface area contributed by atoms with Crippen LogP contribution in [0.3, 0.4) is 0 Å². The second-order valence-corrected chi connectivity index (χ2v) is 3.42. The Kier molecular flexibility index (Phi) is 4.16. The highest BCUT2D eigenvalue weighted by Gasteiger charge is 2.45. The van der Waals surface area contributed by atoms with Crippen molar-refractivity contribution in [2.75, 3.05) is 26.4 Å². The fourth-order valence-corrected chi connectivity index (χ4v) is 1.53. The Hall–Kier alpha value is -0.120. The summed E-state index contributed by atoms with van der Waals surface area (Å²) in [5, 5.41) is 0. The highest BCUT2D eigenvalue weighted by Crippen LogP contribution is 2.32. The van der Waals surface area contributed by atoms with Crippen LogP contribution in [0.5, 0.6) is 0 Å². The summed E-state index contributed by atoms with van der Waals surface area (Å²) in [5.41, 5.74) is -0.0307. The SMILES string of the molecule is CCOCCOC1(CC)COC1C. The molecule has 0 radical (unpaired) electrons. The third-order valence-corrected chi connectivity index (χ3v) is 2.74. The van der Waals surface area contributed by atoms with E-state index in [0.29, 0.717) is 13.2 Å². The molecule has 0 aromatic heterocycles. The molecule has 0 saturated carbocycles. The maximum atomic E-state index is 5.78. The highest BCUT2D eigenvalue weighted by atomic mass is 16.6. The first-order valence-corrected chi connectivity index (χ1v) is 5.08. The molecule has 1 heterocycles. The van der Waals surface area contributed by atoms with Gasteiger partial charge in [0.1, 0.15) is 5.60 Å². The van der Waals surface area contributed by atoms with Gasteiger partial charge in [0.2, 0.25) is 0 Å². The molecule has 0 spiro atoms. The Morgan fingerprint density at radius 1 is 1.38 bits per heavy atom. The Bertz CT molecular complexity index is 145. The van der Waals surface area contributed by atoms with Crippen LogP contribution in [0, 0.1) is 0 Å². The molecule has 2 unspecified atom stereocenters. The summed E-state index contributed by atoms with van der Waals surface area (Å²) in [6, 6.07) is 0. The van der Waals surface area contributed by atoms with Gasteiger partial charge in [0.15, 0.2) is 0 Å². The zero-order chi connectivity index (χ0) is 9.73. The van der Waals surface area contributed by atoms with Crippen molar-refractivity contribution < 1.29 is 14.2 Å². The predicted octanol–water partition coefficient (Wildman–Crippen LogP) is 1.61. The van der Waals surface area contributed by atoms with Crippen molar-refractivity contribution in [3.8, 4) is 0 Å². The molecule has 2 atom stereocenters. The quantitative estimate of drug-likeness (QED) is 0.593. The van der Waals surface area contributed by atoms with Crippen molar-refractivity contribution in [2.45, 2.75) is 38.9 Å². The summed E-state index contributed by atoms with van der Waals surface area (Å²) in [6.07, 6.45) is 1.25. The Morgan fingerprint density at radius 3 is 2.54 bits per heavy atom. The van der Waals surface area contributed by atoms with Gasteiger partial charge in [-0.25, -0.2) is 0 Å². The standard InChI is InChI=1S/C10H20O3/c1-4-10(8-12-9(10)3)13-7-6-11-5-2/h9H,4-8H2,1-3H3. The largest absolute Gasteiger partial charge is 0.379 e. The minimum atomic E-state index is -0.0307. The van der Waals surface area contributed by atoms with E-state index in [-0.39, 0.29) is 11.7 Å². The van der Waals surface area contributed by atoms with E-state index in [1.165, 1.54) is 0 Å². The van der Waals surface area contributed by atoms with Crippen LogP contribution in [-0.2, 0) is 14.2 Å². The average molecular weight is 188 g/mol. The molecule has 1 aliphatic heterocycles. The average Bonchev–Trinajstić information content (AvgIpc) is 2.16. The molecule has 0 aromatic carbocycles. The van der Waals surface area contributed by atoms with Crippen molar-refractivity contribution in [3.63, 3.8) is 0 Å². The van der Waals surface area contributed by atoms with Crippen LogP contribution in [0.15, 0.2) is 0 Å². The van der Waals surface area contributed by atoms with Gasteiger partial charge in [-0.05, 0) is 20.3 Å². The van der Waals surface area contributed by atoms with Gasteiger partial charge >= 0.3 is 0 Å². The lowest BCUT2D eigenvalue weighted by Crippen LogP contribution is -2.58. The van der Waals surface area contributed by atoms with E-state index >= 15 is 0 Å². The van der Waals surface area contributed by atoms with Crippen LogP contribution in [0.1, 0.15) is 27.2 Å². The lowest BCUT2D eigenvalue weighted by molar-refractivity contribution is -0.258. The van der Waals surface area contributed by atoms with E-state index < -0.39 is 0 Å². The lowest BCUT2D eigenvalue weighted by atomic mass is 9.90. The first-order chi connectivity index (χ1) is 6.25. The summed E-state index contributed by atoms with van der Waals surface area (Å²) in [4.78, 5) is 0. The normalized spacial score (nSPS) is 33.0. The highest BCUT2D eigenvalue weighted by molar-refractivity contribution is 4.93. The monoisotopic (exact) mass is 188 g/mol. The molecule has 0 aromatic rings. The molecule has 1 fully saturated rings. The minimum absolute atomic E-state index is 0.0307. The maximum absolute atomic E-state index is 5.78. The van der Waals surface area contributed by atoms with Crippen LogP contribution in [0.2, 0.25) is 0 Å². The zero-order valence-corrected chi connectivity index (χ0v) is 8.84. The van der Waals surface area contributed by atoms with E-state index in [2.05, 4.69) is 13.8 Å². The molecule has 0 bridgehead atoms. The van der Waals surface area contributed by atoms with Gasteiger partial charge < -0.3 is 14.2 Å². The van der Waals surface area contributed by atoms with Crippen LogP contribution < -0.4 is 0 Å². The fourth-order valence-electron chi connectivity index (χ4n) is 1.53. The smallest absolute Gasteiger partial charge is 0.117 e. The molecule has 1 saturated heterocycles. The van der Waals surface area contributed by atoms with Crippen molar-refractivity contribution in [1.29, 1.82) is 0 Å². The van der Waals surface area contributed by atoms with Crippen LogP contribution in [0.4, 0.5) is 0 Å². The van der Waals surface area contributed by atoms with Crippen LogP contribution in [-0.4, -0.2) is 38.1 Å².